The van der Waals surface area contributed by atoms with Gasteiger partial charge in [-0.3, -0.25) is 9.59 Å². The van der Waals surface area contributed by atoms with Crippen LogP contribution in [0.1, 0.15) is 52.8 Å². The van der Waals surface area contributed by atoms with E-state index in [2.05, 4.69) is 17.2 Å². The fourth-order valence-corrected chi connectivity index (χ4v) is 6.44. The number of thiazole rings is 1. The molecule has 11 heteroatoms. The molecule has 3 aromatic rings. The SMILES string of the molecule is CC1CCC(C(=O)N(c2cc(-c3ccc(NC(=O)c4cscn4)cc3)sc2C(=O)O)C2COCOC2)CC1. The van der Waals surface area contributed by atoms with E-state index in [1.807, 2.05) is 12.1 Å². The van der Waals surface area contributed by atoms with Crippen molar-refractivity contribution in [2.24, 2.45) is 11.8 Å². The molecule has 3 heterocycles. The van der Waals surface area contributed by atoms with Crippen LogP contribution in [0.15, 0.2) is 41.2 Å². The summed E-state index contributed by atoms with van der Waals surface area (Å²) >= 11 is 2.47. The maximum absolute atomic E-state index is 13.9. The van der Waals surface area contributed by atoms with E-state index in [0.717, 1.165) is 42.6 Å². The summed E-state index contributed by atoms with van der Waals surface area (Å²) in [7, 11) is 0. The largest absolute Gasteiger partial charge is 0.477 e. The smallest absolute Gasteiger partial charge is 0.348 e. The molecular weight excluding hydrogens is 526 g/mol. The van der Waals surface area contributed by atoms with Gasteiger partial charge in [-0.1, -0.05) is 19.1 Å². The lowest BCUT2D eigenvalue weighted by atomic mass is 9.82. The molecular formula is C27H29N3O6S2. The molecule has 0 unspecified atom stereocenters. The van der Waals surface area contributed by atoms with E-state index in [0.29, 0.717) is 27.9 Å². The van der Waals surface area contributed by atoms with Gasteiger partial charge >= 0.3 is 5.97 Å². The van der Waals surface area contributed by atoms with Crippen LogP contribution in [0, 0.1) is 11.8 Å². The first-order valence-corrected chi connectivity index (χ1v) is 14.3. The topological polar surface area (TPSA) is 118 Å². The zero-order chi connectivity index (χ0) is 26.6. The Bertz CT molecular complexity index is 1280. The number of carbonyl (C=O) groups is 3. The molecule has 200 valence electrons. The number of carboxylic acids is 1. The monoisotopic (exact) mass is 555 g/mol. The van der Waals surface area contributed by atoms with Gasteiger partial charge in [0, 0.05) is 21.9 Å². The van der Waals surface area contributed by atoms with E-state index in [-0.39, 0.29) is 42.6 Å². The fourth-order valence-electron chi connectivity index (χ4n) is 4.92. The Morgan fingerprint density at radius 2 is 1.79 bits per heavy atom. The van der Waals surface area contributed by atoms with Gasteiger partial charge in [-0.15, -0.1) is 22.7 Å². The third-order valence-electron chi connectivity index (χ3n) is 7.01. The van der Waals surface area contributed by atoms with Gasteiger partial charge in [-0.2, -0.15) is 0 Å². The summed E-state index contributed by atoms with van der Waals surface area (Å²) < 4.78 is 11.0. The van der Waals surface area contributed by atoms with E-state index in [1.165, 1.54) is 11.3 Å². The normalized spacial score (nSPS) is 20.1. The van der Waals surface area contributed by atoms with Gasteiger partial charge in [0.25, 0.3) is 5.91 Å². The van der Waals surface area contributed by atoms with Gasteiger partial charge in [0.05, 0.1) is 30.5 Å². The quantitative estimate of drug-likeness (QED) is 0.403. The maximum Gasteiger partial charge on any atom is 0.348 e. The van der Waals surface area contributed by atoms with Crippen molar-refractivity contribution in [1.82, 2.24) is 4.98 Å². The van der Waals surface area contributed by atoms with Crippen LogP contribution in [0.4, 0.5) is 11.4 Å². The molecule has 1 saturated carbocycles. The number of amides is 2. The van der Waals surface area contributed by atoms with Gasteiger partial charge in [0.15, 0.2) is 0 Å². The van der Waals surface area contributed by atoms with Crippen molar-refractivity contribution in [3.05, 3.63) is 51.8 Å². The maximum atomic E-state index is 13.9. The first kappa shape index (κ1) is 26.5. The molecule has 9 nitrogen and oxygen atoms in total. The molecule has 2 fully saturated rings. The second kappa shape index (κ2) is 11.7. The van der Waals surface area contributed by atoms with Crippen molar-refractivity contribution >= 4 is 51.8 Å². The highest BCUT2D eigenvalue weighted by atomic mass is 32.1. The number of thiophene rings is 1. The summed E-state index contributed by atoms with van der Waals surface area (Å²) in [5.41, 5.74) is 3.70. The molecule has 0 spiro atoms. The van der Waals surface area contributed by atoms with Crippen LogP contribution in [0.5, 0.6) is 0 Å². The lowest BCUT2D eigenvalue weighted by Gasteiger charge is -2.37. The van der Waals surface area contributed by atoms with E-state index in [1.54, 1.807) is 34.0 Å². The summed E-state index contributed by atoms with van der Waals surface area (Å²) in [5.74, 6) is -1.02. The Balaban J connectivity index is 1.43. The number of ether oxygens (including phenoxy) is 2. The van der Waals surface area contributed by atoms with Gasteiger partial charge in [0.2, 0.25) is 5.91 Å². The highest BCUT2D eigenvalue weighted by Gasteiger charge is 2.37. The summed E-state index contributed by atoms with van der Waals surface area (Å²) in [6.45, 7) is 2.93. The fraction of sp³-hybridized carbons (Fsp3) is 0.407. The summed E-state index contributed by atoms with van der Waals surface area (Å²) in [4.78, 5) is 44.9. The Hall–Kier alpha value is -3.12. The first-order chi connectivity index (χ1) is 18.4. The van der Waals surface area contributed by atoms with Crippen LogP contribution in [0.25, 0.3) is 10.4 Å². The predicted molar refractivity (Wildman–Crippen MR) is 146 cm³/mol. The second-order valence-corrected chi connectivity index (χ2v) is 11.5. The lowest BCUT2D eigenvalue weighted by molar-refractivity contribution is -0.131. The minimum Gasteiger partial charge on any atom is -0.477 e. The van der Waals surface area contributed by atoms with Crippen molar-refractivity contribution < 1.29 is 29.0 Å². The van der Waals surface area contributed by atoms with Gasteiger partial charge < -0.3 is 24.8 Å². The first-order valence-electron chi connectivity index (χ1n) is 12.6. The molecule has 1 aliphatic carbocycles. The number of aromatic carboxylic acids is 1. The van der Waals surface area contributed by atoms with Crippen molar-refractivity contribution in [3.8, 4) is 10.4 Å². The van der Waals surface area contributed by atoms with Crippen molar-refractivity contribution in [3.63, 3.8) is 0 Å². The summed E-state index contributed by atoms with van der Waals surface area (Å²) in [5, 5.41) is 14.6. The molecule has 2 N–H and O–H groups in total. The van der Waals surface area contributed by atoms with Crippen molar-refractivity contribution in [2.45, 2.75) is 38.6 Å². The highest BCUT2D eigenvalue weighted by molar-refractivity contribution is 7.18. The average Bonchev–Trinajstić information content (AvgIpc) is 3.62. The molecule has 2 amide bonds. The number of anilines is 2. The molecule has 38 heavy (non-hydrogen) atoms. The van der Waals surface area contributed by atoms with Crippen LogP contribution < -0.4 is 10.2 Å². The number of nitrogens with zero attached hydrogens (tertiary/aromatic N) is 2. The Morgan fingerprint density at radius 3 is 2.42 bits per heavy atom. The third-order valence-corrected chi connectivity index (χ3v) is 8.76. The van der Waals surface area contributed by atoms with E-state index in [4.69, 9.17) is 9.47 Å². The zero-order valence-corrected chi connectivity index (χ0v) is 22.6. The van der Waals surface area contributed by atoms with E-state index < -0.39 is 12.0 Å². The Morgan fingerprint density at radius 1 is 1.08 bits per heavy atom. The van der Waals surface area contributed by atoms with E-state index in [9.17, 15) is 19.5 Å². The summed E-state index contributed by atoms with van der Waals surface area (Å²) in [6, 6.07) is 8.52. The zero-order valence-electron chi connectivity index (χ0n) is 20.9. The van der Waals surface area contributed by atoms with Crippen LogP contribution in [0.3, 0.4) is 0 Å². The Kier molecular flexibility index (Phi) is 8.18. The minimum absolute atomic E-state index is 0.0667. The molecule has 1 aliphatic heterocycles. The summed E-state index contributed by atoms with van der Waals surface area (Å²) in [6.07, 6.45) is 3.54. The minimum atomic E-state index is -1.09. The molecule has 0 radical (unpaired) electrons. The number of nitrogens with one attached hydrogen (secondary N) is 1. The van der Waals surface area contributed by atoms with Crippen LogP contribution in [-0.2, 0) is 14.3 Å². The highest BCUT2D eigenvalue weighted by Crippen LogP contribution is 2.40. The number of benzene rings is 1. The molecule has 1 saturated heterocycles. The van der Waals surface area contributed by atoms with Gasteiger partial charge in [0.1, 0.15) is 17.4 Å². The molecule has 0 bridgehead atoms. The number of carboxylic acid groups (broad SMARTS) is 1. The number of rotatable bonds is 7. The second-order valence-electron chi connectivity index (χ2n) is 9.71. The molecule has 0 atom stereocenters. The van der Waals surface area contributed by atoms with E-state index >= 15 is 0 Å². The Labute approximate surface area is 228 Å². The van der Waals surface area contributed by atoms with Crippen LogP contribution in [-0.4, -0.2) is 53.9 Å². The lowest BCUT2D eigenvalue weighted by Crippen LogP contribution is -2.51. The van der Waals surface area contributed by atoms with Gasteiger partial charge in [-0.25, -0.2) is 9.78 Å². The average molecular weight is 556 g/mol. The van der Waals surface area contributed by atoms with Crippen LogP contribution in [0.2, 0.25) is 0 Å². The molecule has 5 rings (SSSR count). The number of hydrogen-bond acceptors (Lipinski definition) is 8. The molecule has 2 aromatic heterocycles. The van der Waals surface area contributed by atoms with Crippen molar-refractivity contribution in [2.75, 3.05) is 30.2 Å². The number of aromatic nitrogens is 1. The van der Waals surface area contributed by atoms with Crippen molar-refractivity contribution in [1.29, 1.82) is 0 Å². The number of hydrogen-bond donors (Lipinski definition) is 2. The predicted octanol–water partition coefficient (Wildman–Crippen LogP) is 5.35. The molecule has 2 aliphatic rings. The number of carbonyl (C=O) groups excluding carboxylic acids is 2. The standard InChI is InChI=1S/C27H29N3O6S2/c1-16-2-4-18(5-3-16)26(32)30(20-11-35-15-36-12-20)22-10-23(38-24(22)27(33)34)17-6-8-19(9-7-17)29-25(31)21-13-37-14-28-21/h6-10,13-14,16,18,20H,2-5,11-12,15H2,1H3,(H,29,31)(H,33,34). The van der Waals surface area contributed by atoms with Crippen LogP contribution >= 0.6 is 22.7 Å². The molecule has 1 aromatic carbocycles. The van der Waals surface area contributed by atoms with Gasteiger partial charge in [-0.05, 0) is 55.4 Å². The third kappa shape index (κ3) is 5.80.